The largest absolute Gasteiger partial charge is 0.497 e. The summed E-state index contributed by atoms with van der Waals surface area (Å²) < 4.78 is 97.7. The Morgan fingerprint density at radius 3 is 1.44 bits per heavy atom. The highest BCUT2D eigenvalue weighted by atomic mass is 79.9. The first-order valence-electron chi connectivity index (χ1n) is 43.2. The number of halogens is 2. The third-order valence-electron chi connectivity index (χ3n) is 22.2. The first-order chi connectivity index (χ1) is 60.5. The quantitative estimate of drug-likeness (QED) is 0.0190. The second-order valence-corrected chi connectivity index (χ2v) is 46.3. The van der Waals surface area contributed by atoms with Gasteiger partial charge in [-0.2, -0.15) is 15.3 Å². The van der Waals surface area contributed by atoms with E-state index >= 15 is 0 Å². The van der Waals surface area contributed by atoms with Gasteiger partial charge in [0.1, 0.15) is 53.7 Å². The number of hydrogen-bond acceptors (Lipinski definition) is 32. The van der Waals surface area contributed by atoms with Gasteiger partial charge in [-0.1, -0.05) is 61.0 Å². The van der Waals surface area contributed by atoms with Crippen LogP contribution in [0.4, 0.5) is 5.13 Å². The molecule has 4 atom stereocenters. The minimum absolute atomic E-state index is 0.00835. The summed E-state index contributed by atoms with van der Waals surface area (Å²) in [4.78, 5) is 70.5. The second-order valence-electron chi connectivity index (χ2n) is 32.4. The number of sulfone groups is 2. The number of fused-ring (bicyclic) bond motifs is 2. The van der Waals surface area contributed by atoms with Crippen LogP contribution in [-0.2, 0) is 85.0 Å². The molecule has 10 fully saturated rings. The van der Waals surface area contributed by atoms with E-state index < -0.39 is 37.7 Å². The molecule has 29 nitrogen and oxygen atoms in total. The standard InChI is InChI=1S/C23H27N3O5S2.C15H22N2O5S.C15H22N2O3S.C9H15BrO3.C7H7N3OS.C7H9NS.C6H10S2.C4H4BrN/c1-30-16-2-5-18-21(13-16)32-22(24-18)14-20(27)19(12-15-7-10-31-11-8-15)26-9-6-23(25-26)33(28,29)17-3-4-17;1-21-15(18)13(10-11-5-8-22-9-6-11)17-7-4-14(16-17)23(19,20)12-2-3-12;1-19-15(18)13(10-11-5-8-20-9-6-11)17-7-4-14(16-17)21-12-2-3-12;1-12-9(11)8(10)6-7-2-4-13-5-3-7;8-7-10-5-2-1-4(3-11)9-6(5)12-7;1-2-7(8-5-1)9-6-3-4-6;1-2-5(1)7-8-6-3-4-6;5-4-2-1-3-6-4/h2,5-6,9,13,15,17,19H,3-4,7-8,10-12,14H2,1H3;4,7,11-13H,2-3,5-6,8-10H2,1H3;4,7,11-13H,2-3,5-6,8-10H2,1H3;7-8H,2-6H2,1H3;1-2,11H,3H2,(H2,8,10);1-2,6H,3-5H2;5-6H,1-4H2;1-2H,3H2. The van der Waals surface area contributed by atoms with Gasteiger partial charge in [0.2, 0.25) is 0 Å². The molecule has 4 unspecified atom stereocenters. The number of alkyl halides is 1. The summed E-state index contributed by atoms with van der Waals surface area (Å²) in [5, 5.41) is 28.7. The number of anilines is 1. The Morgan fingerprint density at radius 2 is 0.992 bits per heavy atom. The maximum absolute atomic E-state index is 13.5. The van der Waals surface area contributed by atoms with Gasteiger partial charge in [-0.15, -0.1) is 34.9 Å². The van der Waals surface area contributed by atoms with Crippen LogP contribution in [0.2, 0.25) is 0 Å². The van der Waals surface area contributed by atoms with Crippen molar-refractivity contribution < 1.29 is 79.0 Å². The number of hydrogen-bond donors (Lipinski definition) is 2. The number of ketones is 1. The molecule has 1 aromatic carbocycles. The number of aliphatic hydroxyl groups excluding tert-OH is 1. The van der Waals surface area contributed by atoms with Gasteiger partial charge >= 0.3 is 17.9 Å². The number of methoxy groups -OCH3 is 4. The lowest BCUT2D eigenvalue weighted by Crippen LogP contribution is -2.27. The summed E-state index contributed by atoms with van der Waals surface area (Å²) in [5.74, 6) is 1.76. The average Bonchev–Trinajstić information content (AvgIpc) is 1.64. The molecule has 0 amide bonds. The summed E-state index contributed by atoms with van der Waals surface area (Å²) in [6, 6.07) is 12.8. The minimum atomic E-state index is -3.41. The molecule has 4 saturated heterocycles. The maximum Gasteiger partial charge on any atom is 0.330 e. The van der Waals surface area contributed by atoms with Crippen LogP contribution in [0, 0.1) is 23.7 Å². The predicted octanol–water partition coefficient (Wildman–Crippen LogP) is 16.0. The molecular formula is C86H116Br2N12O17S8. The number of rotatable bonds is 29. The highest BCUT2D eigenvalue weighted by Crippen LogP contribution is 2.50. The Bertz CT molecular complexity index is 4960. The number of nitrogens with zero attached hydrogens (tertiary/aromatic N) is 11. The van der Waals surface area contributed by atoms with E-state index in [4.69, 9.17) is 44.0 Å². The normalized spacial score (nSPS) is 20.0. The van der Waals surface area contributed by atoms with E-state index in [1.165, 1.54) is 117 Å². The van der Waals surface area contributed by atoms with Gasteiger partial charge in [0, 0.05) is 92.4 Å². The monoisotopic (exact) mass is 2000 g/mol. The number of aliphatic imine (C=N–C) groups is 2. The topological polar surface area (TPSA) is 373 Å². The number of nitrogen functional groups attached to an aromatic ring is 1. The molecular weight excluding hydrogens is 1890 g/mol. The number of nitrogens with two attached hydrogens (primary N) is 1. The van der Waals surface area contributed by atoms with Crippen molar-refractivity contribution in [3.05, 3.63) is 102 Å². The molecule has 0 radical (unpaired) electrons. The van der Waals surface area contributed by atoms with Crippen molar-refractivity contribution in [2.24, 2.45) is 33.7 Å². The molecule has 39 heteroatoms. The summed E-state index contributed by atoms with van der Waals surface area (Å²) in [6.07, 6.45) is 38.1. The van der Waals surface area contributed by atoms with Crippen molar-refractivity contribution in [3.63, 3.8) is 0 Å². The summed E-state index contributed by atoms with van der Waals surface area (Å²) in [5.41, 5.74) is 7.75. The lowest BCUT2D eigenvalue weighted by atomic mass is 9.90. The zero-order valence-electron chi connectivity index (χ0n) is 71.2. The maximum atomic E-state index is 13.5. The number of aliphatic hydroxyl groups is 1. The molecule has 3 N–H and O–H groups in total. The molecule has 19 rings (SSSR count). The van der Waals surface area contributed by atoms with E-state index in [1.54, 1.807) is 41.0 Å². The predicted molar refractivity (Wildman–Crippen MR) is 501 cm³/mol. The fourth-order valence-electron chi connectivity index (χ4n) is 14.0. The number of carbonyl (C=O) groups is 4. The molecule has 6 aliphatic heterocycles. The molecule has 7 aromatic rings. The third-order valence-corrected chi connectivity index (χ3v) is 35.8. The molecule has 6 saturated carbocycles. The van der Waals surface area contributed by atoms with Gasteiger partial charge in [-0.05, 0) is 254 Å². The Kier molecular flexibility index (Phi) is 39.0. The summed E-state index contributed by atoms with van der Waals surface area (Å²) in [6.45, 7) is 7.71. The third kappa shape index (κ3) is 32.4. The Morgan fingerprint density at radius 1 is 0.528 bits per heavy atom. The first-order valence-corrected chi connectivity index (χ1v) is 53.7. The first kappa shape index (κ1) is 98.4. The van der Waals surface area contributed by atoms with Gasteiger partial charge in [0.05, 0.1) is 86.0 Å². The van der Waals surface area contributed by atoms with E-state index in [2.05, 4.69) is 111 Å². The number of Topliss-reactive ketones (excluding diaryl/α,β-unsaturated/α-hetero) is 1. The summed E-state index contributed by atoms with van der Waals surface area (Å²) >= 11 is 13.1. The lowest BCUT2D eigenvalue weighted by molar-refractivity contribution is -0.146. The average molecular weight is 2010 g/mol. The van der Waals surface area contributed by atoms with E-state index in [9.17, 15) is 36.0 Å². The fraction of sp³-hybridized carbons (Fsp3) is 0.628. The van der Waals surface area contributed by atoms with Crippen molar-refractivity contribution >= 4 is 178 Å². The van der Waals surface area contributed by atoms with Crippen LogP contribution in [0.15, 0.2) is 116 Å². The molecule has 6 aliphatic carbocycles. The number of thiazole rings is 2. The fourth-order valence-corrected chi connectivity index (χ4v) is 25.0. The van der Waals surface area contributed by atoms with E-state index in [0.717, 1.165) is 166 Å². The van der Waals surface area contributed by atoms with Gasteiger partial charge in [0.15, 0.2) is 40.6 Å². The van der Waals surface area contributed by atoms with Crippen LogP contribution in [0.1, 0.15) is 183 Å². The van der Waals surface area contributed by atoms with Crippen molar-refractivity contribution in [1.82, 2.24) is 44.3 Å². The van der Waals surface area contributed by atoms with Crippen molar-refractivity contribution in [2.45, 2.75) is 237 Å². The Balaban J connectivity index is 0.000000137. The molecule has 0 bridgehead atoms. The van der Waals surface area contributed by atoms with Crippen LogP contribution in [-0.4, -0.2) is 230 Å². The van der Waals surface area contributed by atoms with Crippen molar-refractivity contribution in [1.29, 1.82) is 0 Å². The highest BCUT2D eigenvalue weighted by Gasteiger charge is 2.41. The van der Waals surface area contributed by atoms with Crippen LogP contribution >= 0.6 is 99.6 Å². The molecule has 125 heavy (non-hydrogen) atoms. The molecule has 6 aromatic heterocycles. The smallest absolute Gasteiger partial charge is 0.330 e. The molecule has 12 aliphatic rings. The van der Waals surface area contributed by atoms with Crippen molar-refractivity contribution in [3.8, 4) is 5.75 Å². The number of pyridine rings is 1. The number of carbonyl (C=O) groups excluding carboxylic acids is 4. The molecule has 684 valence electrons. The number of aromatic nitrogens is 9. The number of allylic oxidation sites excluding steroid dienone is 1. The minimum Gasteiger partial charge on any atom is -0.497 e. The van der Waals surface area contributed by atoms with E-state index in [-0.39, 0.29) is 62.2 Å². The number of ether oxygens (including phenoxy) is 8. The Labute approximate surface area is 773 Å². The molecule has 12 heterocycles. The van der Waals surface area contributed by atoms with Crippen LogP contribution in [0.5, 0.6) is 5.75 Å². The zero-order chi connectivity index (χ0) is 88.2. The van der Waals surface area contributed by atoms with E-state index in [1.807, 2.05) is 66.1 Å². The lowest BCUT2D eigenvalue weighted by Gasteiger charge is -2.26. The summed E-state index contributed by atoms with van der Waals surface area (Å²) in [7, 11) is 3.33. The number of thioether (sulfide) groups is 2. The highest BCUT2D eigenvalue weighted by molar-refractivity contribution is 9.18. The van der Waals surface area contributed by atoms with Gasteiger partial charge < -0.3 is 48.7 Å². The number of esters is 3. The van der Waals surface area contributed by atoms with Gasteiger partial charge in [-0.25, -0.2) is 41.4 Å². The van der Waals surface area contributed by atoms with Crippen LogP contribution in [0.25, 0.3) is 20.6 Å². The van der Waals surface area contributed by atoms with Gasteiger partial charge in [0.25, 0.3) is 0 Å². The number of benzene rings is 1. The van der Waals surface area contributed by atoms with Crippen LogP contribution in [0.3, 0.4) is 0 Å². The van der Waals surface area contributed by atoms with E-state index in [0.29, 0.717) is 99.4 Å². The SMILES string of the molecule is BrC1=NCC=C1.C1=CC(SC2CC2)=NC1.C1CC1SSC1CC1.COC(=O)C(Br)CC1CCOCC1.COC(=O)C(CC1CCOCC1)n1ccc(S(=O)(=O)C2CC2)n1.COC(=O)C(CC1CCOCC1)n1ccc(SC2CC2)n1.COc1ccc2nc(CC(=O)C(CC3CCOCC3)n3ccc(S(=O)(=O)C4CC4)n3)sc2c1.Nc1nc2ccc(CO)nc2s1. The van der Waals surface area contributed by atoms with Gasteiger partial charge in [-0.3, -0.25) is 33.6 Å². The molecule has 0 spiro atoms. The van der Waals surface area contributed by atoms with Crippen LogP contribution < -0.4 is 10.5 Å². The Hall–Kier alpha value is -5.66. The van der Waals surface area contributed by atoms with Crippen molar-refractivity contribution in [2.75, 3.05) is 100 Å². The zero-order valence-corrected chi connectivity index (χ0v) is 80.9. The second kappa shape index (κ2) is 49.5.